The Morgan fingerprint density at radius 2 is 2.21 bits per heavy atom. The van der Waals surface area contributed by atoms with Gasteiger partial charge < -0.3 is 5.32 Å². The Morgan fingerprint density at radius 1 is 1.64 bits per heavy atom. The van der Waals surface area contributed by atoms with Gasteiger partial charge in [0.2, 0.25) is 5.91 Å². The molecule has 0 aromatic heterocycles. The van der Waals surface area contributed by atoms with Gasteiger partial charge in [-0.15, -0.1) is 0 Å². The summed E-state index contributed by atoms with van der Waals surface area (Å²) in [6.07, 6.45) is 2.58. The van der Waals surface area contributed by atoms with Gasteiger partial charge in [0.15, 0.2) is 0 Å². The highest BCUT2D eigenvalue weighted by molar-refractivity contribution is 5.84. The molecule has 1 aliphatic rings. The molecule has 0 radical (unpaired) electrons. The van der Waals surface area contributed by atoms with Gasteiger partial charge in [-0.2, -0.15) is 5.26 Å². The van der Waals surface area contributed by atoms with Gasteiger partial charge in [-0.1, -0.05) is 6.92 Å². The first-order valence-corrected chi connectivity index (χ1v) is 5.17. The van der Waals surface area contributed by atoms with Crippen molar-refractivity contribution in [3.63, 3.8) is 0 Å². The minimum atomic E-state index is -0.900. The molecular weight excluding hydrogens is 176 g/mol. The molecular formula is C11H18N2O. The van der Waals surface area contributed by atoms with Crippen molar-refractivity contribution in [2.75, 3.05) is 6.54 Å². The van der Waals surface area contributed by atoms with Crippen molar-refractivity contribution < 1.29 is 4.79 Å². The summed E-state index contributed by atoms with van der Waals surface area (Å²) in [6.45, 7) is 6.14. The Balaban J connectivity index is 2.30. The predicted octanol–water partition coefficient (Wildman–Crippen LogP) is 1.70. The fourth-order valence-corrected chi connectivity index (χ4v) is 1.36. The van der Waals surface area contributed by atoms with Gasteiger partial charge in [0.25, 0.3) is 0 Å². The standard InChI is InChI=1S/C11H18N2O/c1-8(9-4-5-9)6-13-10(14)11(2,3)7-12/h8-9H,4-6H2,1-3H3,(H,13,14). The zero-order chi connectivity index (χ0) is 10.8. The van der Waals surface area contributed by atoms with E-state index < -0.39 is 5.41 Å². The fraction of sp³-hybridized carbons (Fsp3) is 0.818. The molecule has 1 atom stereocenters. The first-order valence-electron chi connectivity index (χ1n) is 5.17. The fourth-order valence-electron chi connectivity index (χ4n) is 1.36. The van der Waals surface area contributed by atoms with E-state index in [9.17, 15) is 4.79 Å². The van der Waals surface area contributed by atoms with Gasteiger partial charge in [0.05, 0.1) is 6.07 Å². The monoisotopic (exact) mass is 194 g/mol. The predicted molar refractivity (Wildman–Crippen MR) is 54.3 cm³/mol. The molecule has 0 heterocycles. The topological polar surface area (TPSA) is 52.9 Å². The number of hydrogen-bond acceptors (Lipinski definition) is 2. The highest BCUT2D eigenvalue weighted by atomic mass is 16.2. The van der Waals surface area contributed by atoms with Crippen molar-refractivity contribution in [2.24, 2.45) is 17.3 Å². The van der Waals surface area contributed by atoms with Crippen LogP contribution in [0.4, 0.5) is 0 Å². The van der Waals surface area contributed by atoms with E-state index in [0.717, 1.165) is 5.92 Å². The first-order chi connectivity index (χ1) is 6.47. The zero-order valence-corrected chi connectivity index (χ0v) is 9.13. The maximum atomic E-state index is 11.5. The number of nitrogens with zero attached hydrogens (tertiary/aromatic N) is 1. The van der Waals surface area contributed by atoms with Crippen LogP contribution in [0, 0.1) is 28.6 Å². The molecule has 1 aliphatic carbocycles. The van der Waals surface area contributed by atoms with Crippen LogP contribution in [0.1, 0.15) is 33.6 Å². The first kappa shape index (κ1) is 11.0. The van der Waals surface area contributed by atoms with Crippen molar-refractivity contribution in [1.29, 1.82) is 5.26 Å². The molecule has 1 saturated carbocycles. The quantitative estimate of drug-likeness (QED) is 0.740. The van der Waals surface area contributed by atoms with Gasteiger partial charge >= 0.3 is 0 Å². The highest BCUT2D eigenvalue weighted by Crippen LogP contribution is 2.36. The number of rotatable bonds is 4. The van der Waals surface area contributed by atoms with E-state index in [0.29, 0.717) is 12.5 Å². The lowest BCUT2D eigenvalue weighted by Gasteiger charge is -2.17. The third-order valence-corrected chi connectivity index (χ3v) is 2.86. The number of nitriles is 1. The molecule has 0 spiro atoms. The van der Waals surface area contributed by atoms with Crippen LogP contribution in [0.2, 0.25) is 0 Å². The second kappa shape index (κ2) is 4.00. The Hall–Kier alpha value is -1.04. The average molecular weight is 194 g/mol. The second-order valence-corrected chi connectivity index (χ2v) is 4.76. The van der Waals surface area contributed by atoms with E-state index >= 15 is 0 Å². The third-order valence-electron chi connectivity index (χ3n) is 2.86. The lowest BCUT2D eigenvalue weighted by atomic mass is 9.94. The molecule has 78 valence electrons. The summed E-state index contributed by atoms with van der Waals surface area (Å²) in [4.78, 5) is 11.5. The van der Waals surface area contributed by atoms with Gasteiger partial charge in [-0.05, 0) is 38.5 Å². The minimum Gasteiger partial charge on any atom is -0.354 e. The maximum Gasteiger partial charge on any atom is 0.239 e. The molecule has 3 heteroatoms. The molecule has 0 bridgehead atoms. The Bertz CT molecular complexity index is 261. The molecule has 0 aliphatic heterocycles. The molecule has 0 saturated heterocycles. The molecule has 1 rings (SSSR count). The molecule has 3 nitrogen and oxygen atoms in total. The van der Waals surface area contributed by atoms with Crippen LogP contribution in [-0.4, -0.2) is 12.5 Å². The van der Waals surface area contributed by atoms with Gasteiger partial charge in [0, 0.05) is 6.54 Å². The summed E-state index contributed by atoms with van der Waals surface area (Å²) >= 11 is 0. The molecule has 1 N–H and O–H groups in total. The summed E-state index contributed by atoms with van der Waals surface area (Å²) in [5.74, 6) is 1.18. The highest BCUT2D eigenvalue weighted by Gasteiger charge is 2.31. The van der Waals surface area contributed by atoms with Crippen molar-refractivity contribution in [3.05, 3.63) is 0 Å². The minimum absolute atomic E-state index is 0.160. The lowest BCUT2D eigenvalue weighted by molar-refractivity contribution is -0.126. The summed E-state index contributed by atoms with van der Waals surface area (Å²) in [5, 5.41) is 11.6. The van der Waals surface area contributed by atoms with E-state index in [1.807, 2.05) is 6.07 Å². The third kappa shape index (κ3) is 2.73. The summed E-state index contributed by atoms with van der Waals surface area (Å²) < 4.78 is 0. The molecule has 1 fully saturated rings. The molecule has 14 heavy (non-hydrogen) atoms. The van der Waals surface area contributed by atoms with Crippen molar-refractivity contribution in [3.8, 4) is 6.07 Å². The van der Waals surface area contributed by atoms with E-state index in [1.54, 1.807) is 13.8 Å². The maximum absolute atomic E-state index is 11.5. The average Bonchev–Trinajstić information content (AvgIpc) is 2.96. The van der Waals surface area contributed by atoms with Crippen molar-refractivity contribution >= 4 is 5.91 Å². The zero-order valence-electron chi connectivity index (χ0n) is 9.13. The summed E-state index contributed by atoms with van der Waals surface area (Å²) in [6, 6.07) is 2.00. The number of amides is 1. The van der Waals surface area contributed by atoms with Gasteiger partial charge in [-0.3, -0.25) is 4.79 Å². The van der Waals surface area contributed by atoms with Gasteiger partial charge in [-0.25, -0.2) is 0 Å². The van der Waals surface area contributed by atoms with E-state index in [1.165, 1.54) is 12.8 Å². The van der Waals surface area contributed by atoms with Crippen LogP contribution in [0.25, 0.3) is 0 Å². The van der Waals surface area contributed by atoms with E-state index in [2.05, 4.69) is 12.2 Å². The SMILES string of the molecule is CC(CNC(=O)C(C)(C)C#N)C1CC1. The van der Waals surface area contributed by atoms with Gasteiger partial charge in [0.1, 0.15) is 5.41 Å². The van der Waals surface area contributed by atoms with E-state index in [-0.39, 0.29) is 5.91 Å². The smallest absolute Gasteiger partial charge is 0.239 e. The van der Waals surface area contributed by atoms with Crippen molar-refractivity contribution in [2.45, 2.75) is 33.6 Å². The van der Waals surface area contributed by atoms with E-state index in [4.69, 9.17) is 5.26 Å². The molecule has 0 aromatic rings. The number of carbonyl (C=O) groups excluding carboxylic acids is 1. The van der Waals surface area contributed by atoms with Crippen LogP contribution in [-0.2, 0) is 4.79 Å². The number of hydrogen-bond donors (Lipinski definition) is 1. The van der Waals surface area contributed by atoms with Crippen LogP contribution in [0.15, 0.2) is 0 Å². The normalized spacial score (nSPS) is 18.4. The Morgan fingerprint density at radius 3 is 2.64 bits per heavy atom. The van der Waals surface area contributed by atoms with Crippen LogP contribution in [0.5, 0.6) is 0 Å². The molecule has 1 amide bonds. The van der Waals surface area contributed by atoms with Crippen LogP contribution >= 0.6 is 0 Å². The van der Waals surface area contributed by atoms with Crippen molar-refractivity contribution in [1.82, 2.24) is 5.32 Å². The van der Waals surface area contributed by atoms with Crippen LogP contribution in [0.3, 0.4) is 0 Å². The lowest BCUT2D eigenvalue weighted by Crippen LogP contribution is -2.38. The summed E-state index contributed by atoms with van der Waals surface area (Å²) in [7, 11) is 0. The largest absolute Gasteiger partial charge is 0.354 e. The number of nitrogens with one attached hydrogen (secondary N) is 1. The molecule has 0 aromatic carbocycles. The Kier molecular flexibility index (Phi) is 3.15. The second-order valence-electron chi connectivity index (χ2n) is 4.76. The summed E-state index contributed by atoms with van der Waals surface area (Å²) in [5.41, 5.74) is -0.900. The number of carbonyl (C=O) groups is 1. The van der Waals surface area contributed by atoms with Crippen LogP contribution < -0.4 is 5.32 Å². The Labute approximate surface area is 85.5 Å². The molecule has 1 unspecified atom stereocenters.